The largest absolute Gasteiger partial charge is 0.382 e. The summed E-state index contributed by atoms with van der Waals surface area (Å²) in [6.45, 7) is 3.36. The number of piperidine rings is 1. The molecule has 2 heterocycles. The summed E-state index contributed by atoms with van der Waals surface area (Å²) in [7, 11) is 0. The van der Waals surface area contributed by atoms with E-state index in [-0.39, 0.29) is 19.3 Å². The van der Waals surface area contributed by atoms with Gasteiger partial charge in [0, 0.05) is 29.6 Å². The Kier molecular flexibility index (Phi) is 7.46. The molecule has 1 aromatic heterocycles. The summed E-state index contributed by atoms with van der Waals surface area (Å²) in [6.07, 6.45) is 0.577. The molecule has 0 radical (unpaired) electrons. The summed E-state index contributed by atoms with van der Waals surface area (Å²) in [5.74, 6) is 2.96. The average Bonchev–Trinajstić information content (AvgIpc) is 3.17. The van der Waals surface area contributed by atoms with Crippen LogP contribution in [0.15, 0.2) is 30.5 Å². The van der Waals surface area contributed by atoms with E-state index in [0.29, 0.717) is 5.01 Å². The molecule has 11 heteroatoms. The van der Waals surface area contributed by atoms with Gasteiger partial charge in [-0.3, -0.25) is 29.5 Å². The summed E-state index contributed by atoms with van der Waals surface area (Å²) >= 11 is 0. The van der Waals surface area contributed by atoms with Gasteiger partial charge in [-0.15, -0.1) is 0 Å². The second-order valence-electron chi connectivity index (χ2n) is 8.62. The molecule has 0 aliphatic carbocycles. The van der Waals surface area contributed by atoms with Gasteiger partial charge < -0.3 is 21.1 Å². The second kappa shape index (κ2) is 10.1. The Balaban J connectivity index is 1.67. The number of hydrazine groups is 1. The molecule has 1 fully saturated rings. The monoisotopic (exact) mass is 458 g/mol. The molecular formula is C22H30N6O5. The highest BCUT2D eigenvalue weighted by Crippen LogP contribution is 2.20. The van der Waals surface area contributed by atoms with Crippen LogP contribution in [0, 0.1) is 5.92 Å². The number of rotatable bonds is 8. The Morgan fingerprint density at radius 2 is 1.97 bits per heavy atom. The summed E-state index contributed by atoms with van der Waals surface area (Å²) in [6, 6.07) is 4.55. The minimum Gasteiger partial charge on any atom is -0.382 e. The van der Waals surface area contributed by atoms with Gasteiger partial charge in [-0.1, -0.05) is 32.0 Å². The predicted octanol–water partition coefficient (Wildman–Crippen LogP) is -0.953. The number of aliphatic hydroxyl groups is 1. The number of nitrogens with zero attached hydrogens (tertiary/aromatic N) is 1. The summed E-state index contributed by atoms with van der Waals surface area (Å²) < 4.78 is 0. The number of benzene rings is 1. The number of aromatic nitrogens is 1. The van der Waals surface area contributed by atoms with Crippen molar-refractivity contribution in [3.05, 3.63) is 36.0 Å². The molecule has 4 amide bonds. The quantitative estimate of drug-likeness (QED) is 0.127. The first-order valence-corrected chi connectivity index (χ1v) is 10.8. The fourth-order valence-corrected chi connectivity index (χ4v) is 3.98. The van der Waals surface area contributed by atoms with Gasteiger partial charge in [-0.25, -0.2) is 5.84 Å². The number of hydrogen-bond acceptors (Lipinski definition) is 7. The van der Waals surface area contributed by atoms with Crippen molar-refractivity contribution in [2.45, 2.75) is 57.3 Å². The maximum Gasteiger partial charge on any atom is 0.267 e. The Hall–Kier alpha value is -3.28. The van der Waals surface area contributed by atoms with E-state index < -0.39 is 53.8 Å². The van der Waals surface area contributed by atoms with Crippen LogP contribution in [0.4, 0.5) is 0 Å². The Bertz CT molecular complexity index is 1050. The highest BCUT2D eigenvalue weighted by Gasteiger charge is 2.38. The molecule has 33 heavy (non-hydrogen) atoms. The van der Waals surface area contributed by atoms with Crippen molar-refractivity contribution in [1.29, 1.82) is 0 Å². The molecule has 0 bridgehead atoms. The molecule has 3 rings (SSSR count). The number of para-hydroxylation sites is 1. The zero-order chi connectivity index (χ0) is 24.3. The van der Waals surface area contributed by atoms with Gasteiger partial charge in [0.05, 0.1) is 0 Å². The van der Waals surface area contributed by atoms with Gasteiger partial charge in [0.1, 0.15) is 18.2 Å². The third-order valence-electron chi connectivity index (χ3n) is 5.80. The number of amides is 4. The van der Waals surface area contributed by atoms with E-state index in [1.807, 2.05) is 24.3 Å². The molecule has 0 spiro atoms. The molecule has 8 N–H and O–H groups in total. The van der Waals surface area contributed by atoms with Crippen molar-refractivity contribution < 1.29 is 24.3 Å². The number of H-pyrrole nitrogens is 1. The number of nitrogens with two attached hydrogens (primary N) is 2. The van der Waals surface area contributed by atoms with Crippen molar-refractivity contribution >= 4 is 34.5 Å². The maximum absolute atomic E-state index is 12.9. The lowest BCUT2D eigenvalue weighted by Gasteiger charge is -2.33. The first-order chi connectivity index (χ1) is 15.6. The highest BCUT2D eigenvalue weighted by molar-refractivity contribution is 6.02. The third-order valence-corrected chi connectivity index (χ3v) is 5.80. The van der Waals surface area contributed by atoms with Gasteiger partial charge in [0.15, 0.2) is 0 Å². The SMILES string of the molecule is CC(C)[C@@H](C(=O)NC1CCC(=O)NC1=O)N(N)C(=O)C(O)[C@@H](N)Cc1c[nH]c2ccccc12. The Morgan fingerprint density at radius 3 is 2.64 bits per heavy atom. The number of fused-ring (bicyclic) bond motifs is 1. The third kappa shape index (κ3) is 5.38. The normalized spacial score (nSPS) is 19.2. The van der Waals surface area contributed by atoms with E-state index in [9.17, 15) is 24.3 Å². The second-order valence-corrected chi connectivity index (χ2v) is 8.62. The van der Waals surface area contributed by atoms with Crippen LogP contribution in [0.1, 0.15) is 32.3 Å². The van der Waals surface area contributed by atoms with Crippen molar-refractivity contribution in [2.24, 2.45) is 17.5 Å². The lowest BCUT2D eigenvalue weighted by molar-refractivity contribution is -0.150. The molecule has 178 valence electrons. The number of hydrogen-bond donors (Lipinski definition) is 6. The molecule has 0 saturated carbocycles. The van der Waals surface area contributed by atoms with E-state index in [4.69, 9.17) is 11.6 Å². The minimum absolute atomic E-state index is 0.0930. The van der Waals surface area contributed by atoms with E-state index in [2.05, 4.69) is 15.6 Å². The van der Waals surface area contributed by atoms with E-state index in [1.54, 1.807) is 20.0 Å². The number of carbonyl (C=O) groups is 4. The van der Waals surface area contributed by atoms with Crippen LogP contribution in [-0.2, 0) is 25.6 Å². The average molecular weight is 459 g/mol. The van der Waals surface area contributed by atoms with Gasteiger partial charge in [0.2, 0.25) is 17.7 Å². The van der Waals surface area contributed by atoms with Crippen molar-refractivity contribution in [3.63, 3.8) is 0 Å². The molecular weight excluding hydrogens is 428 g/mol. The fourth-order valence-electron chi connectivity index (χ4n) is 3.98. The molecule has 1 aliphatic rings. The van der Waals surface area contributed by atoms with Gasteiger partial charge in [-0.05, 0) is 30.4 Å². The van der Waals surface area contributed by atoms with E-state index >= 15 is 0 Å². The minimum atomic E-state index is -1.65. The van der Waals surface area contributed by atoms with Crippen LogP contribution in [0.25, 0.3) is 10.9 Å². The molecule has 4 atom stereocenters. The summed E-state index contributed by atoms with van der Waals surface area (Å²) in [5.41, 5.74) is 7.86. The van der Waals surface area contributed by atoms with Gasteiger partial charge in [-0.2, -0.15) is 0 Å². The summed E-state index contributed by atoms with van der Waals surface area (Å²) in [5, 5.41) is 16.9. The predicted molar refractivity (Wildman–Crippen MR) is 120 cm³/mol. The molecule has 1 aromatic carbocycles. The zero-order valence-electron chi connectivity index (χ0n) is 18.6. The van der Waals surface area contributed by atoms with Crippen LogP contribution >= 0.6 is 0 Å². The van der Waals surface area contributed by atoms with Crippen LogP contribution in [-0.4, -0.2) is 63.0 Å². The highest BCUT2D eigenvalue weighted by atomic mass is 16.3. The number of nitrogens with one attached hydrogen (secondary N) is 3. The van der Waals surface area contributed by atoms with Crippen LogP contribution in [0.3, 0.4) is 0 Å². The molecule has 11 nitrogen and oxygen atoms in total. The first-order valence-electron chi connectivity index (χ1n) is 10.8. The van der Waals surface area contributed by atoms with Crippen LogP contribution < -0.4 is 22.2 Å². The van der Waals surface area contributed by atoms with E-state index in [1.165, 1.54) is 0 Å². The van der Waals surface area contributed by atoms with Gasteiger partial charge in [0.25, 0.3) is 5.91 Å². The standard InChI is InChI=1S/C22H30N6O5/c1-11(2)18(21(32)26-16-7-8-17(29)27-20(16)31)28(24)22(33)19(30)14(23)9-12-10-25-15-6-4-3-5-13(12)15/h3-6,10-11,14,16,18-19,25,30H,7-9,23-24H2,1-2H3,(H,26,32)(H,27,29,31)/t14-,16?,18-,19?/m0/s1. The van der Waals surface area contributed by atoms with E-state index in [0.717, 1.165) is 16.5 Å². The molecule has 2 unspecified atom stereocenters. The number of aromatic amines is 1. The van der Waals surface area contributed by atoms with Crippen molar-refractivity contribution in [2.75, 3.05) is 0 Å². The lowest BCUT2D eigenvalue weighted by atomic mass is 9.98. The van der Waals surface area contributed by atoms with Crippen LogP contribution in [0.5, 0.6) is 0 Å². The maximum atomic E-state index is 12.9. The number of carbonyl (C=O) groups excluding carboxylic acids is 4. The summed E-state index contributed by atoms with van der Waals surface area (Å²) in [4.78, 5) is 52.1. The molecule has 1 aliphatic heterocycles. The van der Waals surface area contributed by atoms with Crippen molar-refractivity contribution in [3.8, 4) is 0 Å². The van der Waals surface area contributed by atoms with Crippen molar-refractivity contribution in [1.82, 2.24) is 20.6 Å². The Morgan fingerprint density at radius 1 is 1.27 bits per heavy atom. The smallest absolute Gasteiger partial charge is 0.267 e. The Labute approximate surface area is 190 Å². The lowest BCUT2D eigenvalue weighted by Crippen LogP contribution is -2.62. The number of aliphatic hydroxyl groups excluding tert-OH is 1. The fraction of sp³-hybridized carbons (Fsp3) is 0.455. The first kappa shape index (κ1) is 24.4. The molecule has 2 aromatic rings. The zero-order valence-corrected chi connectivity index (χ0v) is 18.6. The molecule has 1 saturated heterocycles. The van der Waals surface area contributed by atoms with Crippen LogP contribution in [0.2, 0.25) is 0 Å². The number of imide groups is 1. The van der Waals surface area contributed by atoms with Gasteiger partial charge >= 0.3 is 0 Å². The topological polar surface area (TPSA) is 184 Å².